The second-order valence-corrected chi connectivity index (χ2v) is 10.8. The highest BCUT2D eigenvalue weighted by Crippen LogP contribution is 2.43. The average molecular weight is 475 g/mol. The van der Waals surface area contributed by atoms with Gasteiger partial charge in [-0.15, -0.1) is 0 Å². The lowest BCUT2D eigenvalue weighted by Gasteiger charge is -2.52. The number of carbonyl (C=O) groups is 1. The molecule has 7 rings (SSSR count). The fraction of sp³-hybridized carbons (Fsp3) is 0.500. The molecular weight excluding hydrogens is 438 g/mol. The predicted molar refractivity (Wildman–Crippen MR) is 135 cm³/mol. The maximum Gasteiger partial charge on any atom is 0.310 e. The van der Waals surface area contributed by atoms with Crippen molar-refractivity contribution in [1.29, 1.82) is 0 Å². The number of allylic oxidation sites excluding steroid dienone is 4. The quantitative estimate of drug-likeness (QED) is 0.332. The van der Waals surface area contributed by atoms with E-state index < -0.39 is 0 Å². The number of rotatable bonds is 7. The summed E-state index contributed by atoms with van der Waals surface area (Å²) >= 11 is 0. The summed E-state index contributed by atoms with van der Waals surface area (Å²) in [6.45, 7) is 5.14. The molecule has 0 aromatic heterocycles. The van der Waals surface area contributed by atoms with Gasteiger partial charge in [-0.2, -0.15) is 0 Å². The first-order valence-corrected chi connectivity index (χ1v) is 13.3. The van der Waals surface area contributed by atoms with Crippen LogP contribution in [-0.2, 0) is 14.3 Å². The Balaban J connectivity index is 1.10. The summed E-state index contributed by atoms with van der Waals surface area (Å²) in [6.07, 6.45) is 19.8. The number of fused-ring (bicyclic) bond motifs is 5. The van der Waals surface area contributed by atoms with Crippen molar-refractivity contribution >= 4 is 5.97 Å². The molecule has 4 heterocycles. The van der Waals surface area contributed by atoms with Gasteiger partial charge in [-0.05, 0) is 12.1 Å². The maximum atomic E-state index is 13.8. The van der Waals surface area contributed by atoms with E-state index in [-0.39, 0.29) is 42.0 Å². The fourth-order valence-electron chi connectivity index (χ4n) is 6.88. The van der Waals surface area contributed by atoms with Gasteiger partial charge in [-0.1, -0.05) is 66.8 Å². The molecule has 184 valence electrons. The number of benzene rings is 1. The number of esters is 1. The van der Waals surface area contributed by atoms with Gasteiger partial charge in [0.15, 0.2) is 6.10 Å². The van der Waals surface area contributed by atoms with Crippen LogP contribution in [0.25, 0.3) is 0 Å². The fourth-order valence-corrected chi connectivity index (χ4v) is 6.88. The summed E-state index contributed by atoms with van der Waals surface area (Å²) in [7, 11) is 0. The summed E-state index contributed by atoms with van der Waals surface area (Å²) in [5.74, 6) is 1.25. The van der Waals surface area contributed by atoms with Crippen LogP contribution in [0.1, 0.15) is 19.3 Å². The van der Waals surface area contributed by atoms with Crippen molar-refractivity contribution in [2.75, 3.05) is 32.8 Å². The first-order valence-electron chi connectivity index (χ1n) is 13.3. The highest BCUT2D eigenvalue weighted by molar-refractivity contribution is 5.75. The average Bonchev–Trinajstić information content (AvgIpc) is 2.91. The Bertz CT molecular complexity index is 986. The molecule has 1 aromatic rings. The molecule has 2 aliphatic carbocycles. The lowest BCUT2D eigenvalue weighted by Crippen LogP contribution is -2.65. The normalized spacial score (nSPS) is 38.6. The third-order valence-corrected chi connectivity index (χ3v) is 8.76. The summed E-state index contributed by atoms with van der Waals surface area (Å²) in [6, 6.07) is 10.0. The van der Waals surface area contributed by atoms with Crippen molar-refractivity contribution in [2.24, 2.45) is 23.7 Å². The third kappa shape index (κ3) is 4.64. The van der Waals surface area contributed by atoms with E-state index in [2.05, 4.69) is 24.3 Å². The Hall–Kier alpha value is -2.63. The minimum absolute atomic E-state index is 0.0195. The Labute approximate surface area is 208 Å². The molecule has 0 saturated carbocycles. The van der Waals surface area contributed by atoms with Gasteiger partial charge in [0.2, 0.25) is 0 Å². The molecule has 5 heteroatoms. The number of para-hydroxylation sites is 1. The van der Waals surface area contributed by atoms with E-state index in [1.54, 1.807) is 0 Å². The molecule has 4 aliphatic heterocycles. The molecular formula is C30H36NO4+. The van der Waals surface area contributed by atoms with Gasteiger partial charge in [0.25, 0.3) is 0 Å². The number of quaternary nitrogens is 1. The molecule has 0 spiro atoms. The Morgan fingerprint density at radius 3 is 2.26 bits per heavy atom. The number of hydrogen-bond acceptors (Lipinski definition) is 4. The molecule has 2 bridgehead atoms. The van der Waals surface area contributed by atoms with Crippen molar-refractivity contribution < 1.29 is 23.5 Å². The summed E-state index contributed by atoms with van der Waals surface area (Å²) in [4.78, 5) is 13.8. The smallest absolute Gasteiger partial charge is 0.310 e. The molecule has 4 unspecified atom stereocenters. The van der Waals surface area contributed by atoms with E-state index >= 15 is 0 Å². The zero-order valence-electron chi connectivity index (χ0n) is 20.3. The molecule has 5 atom stereocenters. The van der Waals surface area contributed by atoms with E-state index in [1.807, 2.05) is 54.6 Å². The predicted octanol–water partition coefficient (Wildman–Crippen LogP) is 4.48. The summed E-state index contributed by atoms with van der Waals surface area (Å²) in [5, 5.41) is 0. The Kier molecular flexibility index (Phi) is 6.38. The van der Waals surface area contributed by atoms with Crippen molar-refractivity contribution in [3.8, 4) is 5.75 Å². The standard InChI is InChI=1S/C30H36NO4/c32-30(29-24-11-4-6-13-26(24)34-27-14-7-5-12-25(27)29)35-28-21-31(18-15-22(28)16-19-31)17-8-20-33-23-9-2-1-3-10-23/h1-7,9-14,22,24-29H,8,15-21H2/q+1/t22?,24?,25?,26?,27?,28-,29?,31?/m0/s1. The largest absolute Gasteiger partial charge is 0.493 e. The minimum atomic E-state index is -0.204. The van der Waals surface area contributed by atoms with Crippen molar-refractivity contribution in [3.63, 3.8) is 0 Å². The molecule has 4 fully saturated rings. The first kappa shape index (κ1) is 22.8. The van der Waals surface area contributed by atoms with Gasteiger partial charge < -0.3 is 18.7 Å². The van der Waals surface area contributed by atoms with Crippen LogP contribution >= 0.6 is 0 Å². The van der Waals surface area contributed by atoms with Crippen LogP contribution in [0.2, 0.25) is 0 Å². The Morgan fingerprint density at radius 2 is 1.57 bits per heavy atom. The zero-order chi connectivity index (χ0) is 23.7. The van der Waals surface area contributed by atoms with E-state index in [9.17, 15) is 4.79 Å². The van der Waals surface area contributed by atoms with Crippen LogP contribution in [0, 0.1) is 23.7 Å². The molecule has 5 nitrogen and oxygen atoms in total. The van der Waals surface area contributed by atoms with E-state index in [0.29, 0.717) is 5.92 Å². The SMILES string of the molecule is O=C(O[C@H]1C[N+]2(CCCOc3ccccc3)CCC1CC2)C1C2C=CC=CC2OC2C=CC=CC21. The highest BCUT2D eigenvalue weighted by Gasteiger charge is 2.51. The van der Waals surface area contributed by atoms with Crippen LogP contribution in [0.4, 0.5) is 0 Å². The van der Waals surface area contributed by atoms with Crippen LogP contribution in [-0.4, -0.2) is 61.6 Å². The molecule has 0 radical (unpaired) electrons. The second kappa shape index (κ2) is 9.79. The van der Waals surface area contributed by atoms with Crippen LogP contribution in [0.5, 0.6) is 5.75 Å². The lowest BCUT2D eigenvalue weighted by atomic mass is 9.71. The van der Waals surface area contributed by atoms with Gasteiger partial charge >= 0.3 is 5.97 Å². The number of piperidine rings is 3. The molecule has 0 amide bonds. The van der Waals surface area contributed by atoms with Gasteiger partial charge in [0.1, 0.15) is 12.3 Å². The zero-order valence-corrected chi connectivity index (χ0v) is 20.3. The van der Waals surface area contributed by atoms with Gasteiger partial charge in [-0.3, -0.25) is 4.79 Å². The van der Waals surface area contributed by atoms with Crippen LogP contribution in [0.3, 0.4) is 0 Å². The lowest BCUT2D eigenvalue weighted by molar-refractivity contribution is -0.946. The first-order chi connectivity index (χ1) is 17.2. The molecule has 1 aromatic carbocycles. The van der Waals surface area contributed by atoms with E-state index in [4.69, 9.17) is 14.2 Å². The third-order valence-electron chi connectivity index (χ3n) is 8.76. The van der Waals surface area contributed by atoms with Crippen molar-refractivity contribution in [3.05, 3.63) is 78.9 Å². The maximum absolute atomic E-state index is 13.8. The number of carbonyl (C=O) groups excluding carboxylic acids is 1. The van der Waals surface area contributed by atoms with E-state index in [0.717, 1.165) is 49.2 Å². The topological polar surface area (TPSA) is 44.8 Å². The number of ether oxygens (including phenoxy) is 3. The minimum Gasteiger partial charge on any atom is -0.493 e. The van der Waals surface area contributed by atoms with Gasteiger partial charge in [0, 0.05) is 37.0 Å². The van der Waals surface area contributed by atoms with Gasteiger partial charge in [0.05, 0.1) is 44.4 Å². The van der Waals surface area contributed by atoms with Crippen LogP contribution in [0.15, 0.2) is 78.9 Å². The highest BCUT2D eigenvalue weighted by atomic mass is 16.5. The molecule has 4 saturated heterocycles. The summed E-state index contributed by atoms with van der Waals surface area (Å²) < 4.78 is 19.7. The second-order valence-electron chi connectivity index (χ2n) is 10.8. The molecule has 6 aliphatic rings. The monoisotopic (exact) mass is 474 g/mol. The van der Waals surface area contributed by atoms with Crippen molar-refractivity contribution in [2.45, 2.75) is 37.6 Å². The summed E-state index contributed by atoms with van der Waals surface area (Å²) in [5.41, 5.74) is 0. The van der Waals surface area contributed by atoms with E-state index in [1.165, 1.54) is 13.1 Å². The van der Waals surface area contributed by atoms with Crippen molar-refractivity contribution in [1.82, 2.24) is 0 Å². The number of nitrogens with zero attached hydrogens (tertiary/aromatic N) is 1. The molecule has 35 heavy (non-hydrogen) atoms. The molecule has 0 N–H and O–H groups in total. The van der Waals surface area contributed by atoms with Gasteiger partial charge in [-0.25, -0.2) is 0 Å². The Morgan fingerprint density at radius 1 is 0.914 bits per heavy atom. The van der Waals surface area contributed by atoms with Crippen LogP contribution < -0.4 is 4.74 Å². The number of hydrogen-bond donors (Lipinski definition) is 0.